The van der Waals surface area contributed by atoms with E-state index in [2.05, 4.69) is 97.8 Å². The topological polar surface area (TPSA) is 0 Å². The van der Waals surface area contributed by atoms with Crippen LogP contribution in [0.4, 0.5) is 0 Å². The standard InChI is InChI=1S/C26H19B/c1-27-17-14-15-21-20-10-4-7-13-24(20)26(25(21)16-17)22-11-5-2-8-18(22)19-9-3-6-12-23(19)26/h2-16,27H,1H3. The Morgan fingerprint density at radius 2 is 0.963 bits per heavy atom. The minimum absolute atomic E-state index is 0.190. The maximum Gasteiger partial charge on any atom is 0.154 e. The van der Waals surface area contributed by atoms with Gasteiger partial charge in [-0.15, -0.1) is 0 Å². The van der Waals surface area contributed by atoms with Gasteiger partial charge in [0.1, 0.15) is 0 Å². The molecule has 0 radical (unpaired) electrons. The van der Waals surface area contributed by atoms with Gasteiger partial charge in [-0.05, 0) is 44.5 Å². The van der Waals surface area contributed by atoms with Crippen LogP contribution in [-0.2, 0) is 5.41 Å². The molecule has 2 aliphatic carbocycles. The second-order valence-corrected chi connectivity index (χ2v) is 7.62. The lowest BCUT2D eigenvalue weighted by Crippen LogP contribution is -2.27. The van der Waals surface area contributed by atoms with E-state index in [-0.39, 0.29) is 5.41 Å². The van der Waals surface area contributed by atoms with Gasteiger partial charge in [-0.3, -0.25) is 0 Å². The molecule has 0 fully saturated rings. The van der Waals surface area contributed by atoms with Crippen LogP contribution < -0.4 is 5.46 Å². The Morgan fingerprint density at radius 1 is 0.519 bits per heavy atom. The van der Waals surface area contributed by atoms with Gasteiger partial charge in [0.15, 0.2) is 7.28 Å². The molecule has 0 unspecified atom stereocenters. The quantitative estimate of drug-likeness (QED) is 0.363. The van der Waals surface area contributed by atoms with Crippen LogP contribution in [0.5, 0.6) is 0 Å². The lowest BCUT2D eigenvalue weighted by atomic mass is 9.67. The lowest BCUT2D eigenvalue weighted by Gasteiger charge is -2.30. The van der Waals surface area contributed by atoms with Crippen LogP contribution in [0, 0.1) is 0 Å². The van der Waals surface area contributed by atoms with Crippen LogP contribution in [0.3, 0.4) is 0 Å². The number of fused-ring (bicyclic) bond motifs is 10. The average Bonchev–Trinajstić information content (AvgIpc) is 3.21. The molecule has 0 nitrogen and oxygen atoms in total. The van der Waals surface area contributed by atoms with Crippen LogP contribution >= 0.6 is 0 Å². The van der Waals surface area contributed by atoms with E-state index < -0.39 is 0 Å². The van der Waals surface area contributed by atoms with E-state index in [4.69, 9.17) is 0 Å². The highest BCUT2D eigenvalue weighted by atomic mass is 14.5. The molecule has 2 aliphatic rings. The Labute approximate surface area is 160 Å². The van der Waals surface area contributed by atoms with Gasteiger partial charge in [-0.2, -0.15) is 0 Å². The van der Waals surface area contributed by atoms with Gasteiger partial charge in [0.05, 0.1) is 5.41 Å². The molecule has 27 heavy (non-hydrogen) atoms. The van der Waals surface area contributed by atoms with E-state index in [1.807, 2.05) is 0 Å². The molecule has 126 valence electrons. The normalized spacial score (nSPS) is 14.4. The Balaban J connectivity index is 1.85. The van der Waals surface area contributed by atoms with E-state index in [0.29, 0.717) is 0 Å². The number of hydrogen-bond acceptors (Lipinski definition) is 0. The molecule has 0 saturated heterocycles. The van der Waals surface area contributed by atoms with Crippen molar-refractivity contribution < 1.29 is 0 Å². The Kier molecular flexibility index (Phi) is 2.92. The summed E-state index contributed by atoms with van der Waals surface area (Å²) in [5, 5.41) is 0. The molecule has 1 spiro atoms. The molecule has 0 heterocycles. The van der Waals surface area contributed by atoms with E-state index >= 15 is 0 Å². The highest BCUT2D eigenvalue weighted by molar-refractivity contribution is 6.52. The maximum absolute atomic E-state index is 2.45. The highest BCUT2D eigenvalue weighted by Crippen LogP contribution is 2.62. The molecule has 4 aromatic carbocycles. The summed E-state index contributed by atoms with van der Waals surface area (Å²) in [7, 11) is 1.06. The predicted octanol–water partition coefficient (Wildman–Crippen LogP) is 5.14. The third-order valence-electron chi connectivity index (χ3n) is 6.47. The van der Waals surface area contributed by atoms with E-state index in [1.54, 1.807) is 0 Å². The zero-order valence-corrected chi connectivity index (χ0v) is 15.4. The van der Waals surface area contributed by atoms with E-state index in [9.17, 15) is 0 Å². The van der Waals surface area contributed by atoms with Gasteiger partial charge in [0, 0.05) is 0 Å². The van der Waals surface area contributed by atoms with Crippen molar-refractivity contribution in [1.29, 1.82) is 0 Å². The third-order valence-corrected chi connectivity index (χ3v) is 6.47. The molecule has 0 amide bonds. The highest BCUT2D eigenvalue weighted by Gasteiger charge is 2.51. The summed E-state index contributed by atoms with van der Waals surface area (Å²) in [6, 6.07) is 34.0. The summed E-state index contributed by atoms with van der Waals surface area (Å²) in [5.41, 5.74) is 12.4. The fourth-order valence-electron chi connectivity index (χ4n) is 5.36. The zero-order valence-electron chi connectivity index (χ0n) is 15.4. The molecule has 0 aliphatic heterocycles. The minimum Gasteiger partial charge on any atom is -0.0849 e. The molecule has 0 atom stereocenters. The fourth-order valence-corrected chi connectivity index (χ4v) is 5.36. The van der Waals surface area contributed by atoms with Crippen molar-refractivity contribution >= 4 is 12.7 Å². The Hall–Kier alpha value is -3.06. The molecule has 0 aromatic heterocycles. The molecule has 0 N–H and O–H groups in total. The van der Waals surface area contributed by atoms with Crippen LogP contribution in [0.1, 0.15) is 22.3 Å². The Bertz CT molecular complexity index is 1150. The molecule has 0 bridgehead atoms. The van der Waals surface area contributed by atoms with Crippen LogP contribution in [0.2, 0.25) is 6.82 Å². The first-order valence-electron chi connectivity index (χ1n) is 9.78. The maximum atomic E-state index is 2.45. The summed E-state index contributed by atoms with van der Waals surface area (Å²) in [4.78, 5) is 0. The lowest BCUT2D eigenvalue weighted by molar-refractivity contribution is 0.794. The van der Waals surface area contributed by atoms with E-state index in [1.165, 1.54) is 50.0 Å². The van der Waals surface area contributed by atoms with Crippen LogP contribution in [0.15, 0.2) is 91.0 Å². The first-order valence-corrected chi connectivity index (χ1v) is 9.78. The largest absolute Gasteiger partial charge is 0.154 e. The average molecular weight is 342 g/mol. The van der Waals surface area contributed by atoms with Gasteiger partial charge in [-0.25, -0.2) is 0 Å². The second-order valence-electron chi connectivity index (χ2n) is 7.62. The van der Waals surface area contributed by atoms with Crippen molar-refractivity contribution in [3.63, 3.8) is 0 Å². The molecular weight excluding hydrogens is 323 g/mol. The predicted molar refractivity (Wildman–Crippen MR) is 115 cm³/mol. The first kappa shape index (κ1) is 15.0. The first-order chi connectivity index (χ1) is 13.4. The van der Waals surface area contributed by atoms with Crippen LogP contribution in [0.25, 0.3) is 22.3 Å². The van der Waals surface area contributed by atoms with Gasteiger partial charge in [-0.1, -0.05) is 103 Å². The number of hydrogen-bond donors (Lipinski definition) is 0. The van der Waals surface area contributed by atoms with Crippen molar-refractivity contribution in [3.05, 3.63) is 113 Å². The summed E-state index contributed by atoms with van der Waals surface area (Å²) in [5.74, 6) is 0. The van der Waals surface area contributed by atoms with Crippen molar-refractivity contribution in [3.8, 4) is 22.3 Å². The third kappa shape index (κ3) is 1.70. The summed E-state index contributed by atoms with van der Waals surface area (Å²) in [6.07, 6.45) is 0. The summed E-state index contributed by atoms with van der Waals surface area (Å²) >= 11 is 0. The van der Waals surface area contributed by atoms with Crippen molar-refractivity contribution in [2.24, 2.45) is 0 Å². The Morgan fingerprint density at radius 3 is 1.44 bits per heavy atom. The summed E-state index contributed by atoms with van der Waals surface area (Å²) < 4.78 is 0. The van der Waals surface area contributed by atoms with Crippen molar-refractivity contribution in [2.45, 2.75) is 12.2 Å². The fraction of sp³-hybridized carbons (Fsp3) is 0.0769. The van der Waals surface area contributed by atoms with Crippen molar-refractivity contribution in [1.82, 2.24) is 0 Å². The summed E-state index contributed by atoms with van der Waals surface area (Å²) in [6.45, 7) is 2.24. The molecule has 6 rings (SSSR count). The number of benzene rings is 4. The number of rotatable bonds is 1. The molecule has 0 saturated carbocycles. The minimum atomic E-state index is -0.190. The van der Waals surface area contributed by atoms with Crippen molar-refractivity contribution in [2.75, 3.05) is 0 Å². The van der Waals surface area contributed by atoms with Gasteiger partial charge < -0.3 is 0 Å². The molecule has 1 heteroatoms. The van der Waals surface area contributed by atoms with Gasteiger partial charge >= 0.3 is 0 Å². The molecule has 4 aromatic rings. The smallest absolute Gasteiger partial charge is 0.0849 e. The van der Waals surface area contributed by atoms with Crippen LogP contribution in [-0.4, -0.2) is 7.28 Å². The zero-order chi connectivity index (χ0) is 18.0. The molecular formula is C26H19B. The SMILES string of the molecule is CBc1ccc2c(c1)C1(c3ccccc3-c3ccccc31)c1ccccc1-2. The van der Waals surface area contributed by atoms with E-state index in [0.717, 1.165) is 7.28 Å². The monoisotopic (exact) mass is 342 g/mol. The van der Waals surface area contributed by atoms with Gasteiger partial charge in [0.2, 0.25) is 0 Å². The second kappa shape index (κ2) is 5.23. The van der Waals surface area contributed by atoms with Gasteiger partial charge in [0.25, 0.3) is 0 Å².